The Labute approximate surface area is 208 Å². The Bertz CT molecular complexity index is 989. The van der Waals surface area contributed by atoms with Gasteiger partial charge in [-0.2, -0.15) is 4.98 Å². The number of aliphatic hydroxyl groups is 1. The summed E-state index contributed by atoms with van der Waals surface area (Å²) in [6, 6.07) is 5.26. The maximum atomic E-state index is 12.3. The largest absolute Gasteiger partial charge is 0.494 e. The predicted molar refractivity (Wildman–Crippen MR) is 135 cm³/mol. The SMILES string of the molecule is Cc1cc(OCCCC2CCN(c3noc(C4CC(C)(C)C4)n3)CC2)ccc1C(=O)NC(C)CO. The molecule has 0 radical (unpaired) electrons. The van der Waals surface area contributed by atoms with Gasteiger partial charge in [0.05, 0.1) is 13.2 Å². The van der Waals surface area contributed by atoms with Gasteiger partial charge in [0, 0.05) is 30.6 Å². The molecule has 8 heteroatoms. The fourth-order valence-corrected chi connectivity index (χ4v) is 5.28. The number of rotatable bonds is 10. The van der Waals surface area contributed by atoms with Crippen LogP contribution in [0.1, 0.15) is 87.0 Å². The van der Waals surface area contributed by atoms with Crippen molar-refractivity contribution in [2.24, 2.45) is 11.3 Å². The van der Waals surface area contributed by atoms with Crippen LogP contribution in [0.25, 0.3) is 0 Å². The molecular weight excluding hydrogens is 444 g/mol. The molecule has 2 fully saturated rings. The average Bonchev–Trinajstić information content (AvgIpc) is 3.30. The first-order valence-electron chi connectivity index (χ1n) is 13.0. The van der Waals surface area contributed by atoms with Crippen molar-refractivity contribution >= 4 is 11.9 Å². The van der Waals surface area contributed by atoms with Crippen molar-refractivity contribution in [3.05, 3.63) is 35.2 Å². The topological polar surface area (TPSA) is 101 Å². The average molecular weight is 485 g/mol. The van der Waals surface area contributed by atoms with Crippen molar-refractivity contribution in [2.45, 2.75) is 78.2 Å². The molecule has 1 aromatic carbocycles. The van der Waals surface area contributed by atoms with E-state index in [-0.39, 0.29) is 18.6 Å². The summed E-state index contributed by atoms with van der Waals surface area (Å²) < 4.78 is 11.5. The van der Waals surface area contributed by atoms with Crippen molar-refractivity contribution in [3.8, 4) is 5.75 Å². The van der Waals surface area contributed by atoms with Gasteiger partial charge in [0.25, 0.3) is 11.9 Å². The van der Waals surface area contributed by atoms with Gasteiger partial charge in [-0.25, -0.2) is 0 Å². The molecule has 0 bridgehead atoms. The highest BCUT2D eigenvalue weighted by molar-refractivity contribution is 5.95. The molecule has 192 valence electrons. The molecule has 2 aliphatic rings. The van der Waals surface area contributed by atoms with E-state index in [1.165, 1.54) is 0 Å². The number of carbonyl (C=O) groups is 1. The molecule has 1 aliphatic heterocycles. The normalized spacial score (nSPS) is 19.3. The van der Waals surface area contributed by atoms with Gasteiger partial charge in [0.1, 0.15) is 5.75 Å². The third kappa shape index (κ3) is 6.54. The van der Waals surface area contributed by atoms with Crippen LogP contribution in [0.4, 0.5) is 5.95 Å². The monoisotopic (exact) mass is 484 g/mol. The number of amides is 1. The second kappa shape index (κ2) is 11.0. The van der Waals surface area contributed by atoms with Crippen LogP contribution in [-0.2, 0) is 0 Å². The summed E-state index contributed by atoms with van der Waals surface area (Å²) in [7, 11) is 0. The molecule has 8 nitrogen and oxygen atoms in total. The van der Waals surface area contributed by atoms with E-state index < -0.39 is 0 Å². The highest BCUT2D eigenvalue weighted by atomic mass is 16.5. The molecule has 1 saturated heterocycles. The standard InChI is InChI=1S/C27H40N4O4/c1-18-14-22(7-8-23(18)24(33)28-19(2)17-32)34-13-5-6-20-9-11-31(12-10-20)26-29-25(35-30-26)21-15-27(3,4)16-21/h7-8,14,19-21,32H,5-6,9-13,15-17H2,1-4H3,(H,28,33). The number of aliphatic hydroxyl groups excluding tert-OH is 1. The molecule has 35 heavy (non-hydrogen) atoms. The van der Waals surface area contributed by atoms with E-state index in [2.05, 4.69) is 34.2 Å². The lowest BCUT2D eigenvalue weighted by Gasteiger charge is -2.40. The van der Waals surface area contributed by atoms with Crippen molar-refractivity contribution in [2.75, 3.05) is 31.2 Å². The molecule has 4 rings (SSSR count). The lowest BCUT2D eigenvalue weighted by molar-refractivity contribution is 0.0921. The van der Waals surface area contributed by atoms with E-state index in [0.717, 1.165) is 74.8 Å². The van der Waals surface area contributed by atoms with Gasteiger partial charge in [0.15, 0.2) is 0 Å². The van der Waals surface area contributed by atoms with Crippen molar-refractivity contribution in [1.82, 2.24) is 15.5 Å². The third-order valence-corrected chi connectivity index (χ3v) is 7.39. The van der Waals surface area contributed by atoms with E-state index in [1.807, 2.05) is 19.1 Å². The zero-order valence-electron chi connectivity index (χ0n) is 21.5. The minimum Gasteiger partial charge on any atom is -0.494 e. The number of aryl methyl sites for hydroxylation is 1. The van der Waals surface area contributed by atoms with Gasteiger partial charge in [-0.1, -0.05) is 13.8 Å². The number of benzene rings is 1. The van der Waals surface area contributed by atoms with Crippen molar-refractivity contribution in [3.63, 3.8) is 0 Å². The molecular formula is C27H40N4O4. The molecule has 2 heterocycles. The molecule has 2 aromatic rings. The first-order valence-corrected chi connectivity index (χ1v) is 13.0. The van der Waals surface area contributed by atoms with E-state index in [0.29, 0.717) is 29.4 Å². The maximum Gasteiger partial charge on any atom is 0.266 e. The summed E-state index contributed by atoms with van der Waals surface area (Å²) in [5.74, 6) is 3.29. The van der Waals surface area contributed by atoms with E-state index in [9.17, 15) is 4.79 Å². The summed E-state index contributed by atoms with van der Waals surface area (Å²) in [5, 5.41) is 16.1. The van der Waals surface area contributed by atoms with Crippen LogP contribution in [0.15, 0.2) is 22.7 Å². The molecule has 1 aliphatic carbocycles. The fourth-order valence-electron chi connectivity index (χ4n) is 5.28. The van der Waals surface area contributed by atoms with Gasteiger partial charge in [0.2, 0.25) is 5.89 Å². The zero-order valence-corrected chi connectivity index (χ0v) is 21.5. The number of carbonyl (C=O) groups excluding carboxylic acids is 1. The Morgan fingerprint density at radius 1 is 1.31 bits per heavy atom. The smallest absolute Gasteiger partial charge is 0.266 e. The zero-order chi connectivity index (χ0) is 25.0. The minimum absolute atomic E-state index is 0.0813. The second-order valence-electron chi connectivity index (χ2n) is 11.2. The Kier molecular flexibility index (Phi) is 7.99. The van der Waals surface area contributed by atoms with Crippen molar-refractivity contribution < 1.29 is 19.2 Å². The Morgan fingerprint density at radius 2 is 2.06 bits per heavy atom. The molecule has 2 N–H and O–H groups in total. The first kappa shape index (κ1) is 25.5. The van der Waals surface area contributed by atoms with Crippen LogP contribution < -0.4 is 15.0 Å². The van der Waals surface area contributed by atoms with E-state index >= 15 is 0 Å². The number of hydrogen-bond donors (Lipinski definition) is 2. The number of piperidine rings is 1. The fraction of sp³-hybridized carbons (Fsp3) is 0.667. The molecule has 1 unspecified atom stereocenters. The first-order chi connectivity index (χ1) is 16.7. The molecule has 0 spiro atoms. The summed E-state index contributed by atoms with van der Waals surface area (Å²) in [6.45, 7) is 10.8. The molecule has 1 saturated carbocycles. The Hall–Kier alpha value is -2.61. The summed E-state index contributed by atoms with van der Waals surface area (Å²) >= 11 is 0. The summed E-state index contributed by atoms with van der Waals surface area (Å²) in [5.41, 5.74) is 1.87. The molecule has 1 aromatic heterocycles. The lowest BCUT2D eigenvalue weighted by atomic mass is 9.64. The number of anilines is 1. The lowest BCUT2D eigenvalue weighted by Crippen LogP contribution is -2.35. The predicted octanol–water partition coefficient (Wildman–Crippen LogP) is 4.47. The van der Waals surface area contributed by atoms with Crippen LogP contribution in [0.5, 0.6) is 5.75 Å². The van der Waals surface area contributed by atoms with E-state index in [4.69, 9.17) is 14.4 Å². The summed E-state index contributed by atoms with van der Waals surface area (Å²) in [4.78, 5) is 19.2. The third-order valence-electron chi connectivity index (χ3n) is 7.39. The molecule has 1 atom stereocenters. The van der Waals surface area contributed by atoms with Crippen LogP contribution in [0.3, 0.4) is 0 Å². The second-order valence-corrected chi connectivity index (χ2v) is 11.2. The van der Waals surface area contributed by atoms with E-state index in [1.54, 1.807) is 13.0 Å². The highest BCUT2D eigenvalue weighted by Gasteiger charge is 2.40. The molecule has 1 amide bonds. The summed E-state index contributed by atoms with van der Waals surface area (Å²) in [6.07, 6.45) is 6.67. The van der Waals surface area contributed by atoms with Crippen LogP contribution in [0, 0.1) is 18.3 Å². The van der Waals surface area contributed by atoms with Crippen LogP contribution in [0.2, 0.25) is 0 Å². The number of nitrogens with one attached hydrogen (secondary N) is 1. The van der Waals surface area contributed by atoms with Crippen LogP contribution >= 0.6 is 0 Å². The van der Waals surface area contributed by atoms with Gasteiger partial charge in [-0.3, -0.25) is 4.79 Å². The number of nitrogens with zero attached hydrogens (tertiary/aromatic N) is 3. The van der Waals surface area contributed by atoms with Gasteiger partial charge >= 0.3 is 0 Å². The van der Waals surface area contributed by atoms with Gasteiger partial charge in [-0.15, -0.1) is 0 Å². The number of hydrogen-bond acceptors (Lipinski definition) is 7. The Morgan fingerprint density at radius 3 is 2.71 bits per heavy atom. The number of aromatic nitrogens is 2. The minimum atomic E-state index is -0.269. The number of ether oxygens (including phenoxy) is 1. The Balaban J connectivity index is 1.15. The highest BCUT2D eigenvalue weighted by Crippen LogP contribution is 2.50. The van der Waals surface area contributed by atoms with Crippen molar-refractivity contribution in [1.29, 1.82) is 0 Å². The van der Waals surface area contributed by atoms with Crippen LogP contribution in [-0.4, -0.2) is 53.5 Å². The van der Waals surface area contributed by atoms with Gasteiger partial charge < -0.3 is 24.6 Å². The maximum absolute atomic E-state index is 12.3. The quantitative estimate of drug-likeness (QED) is 0.480. The van der Waals surface area contributed by atoms with Gasteiger partial charge in [-0.05, 0) is 92.6 Å².